The van der Waals surface area contributed by atoms with Crippen LogP contribution in [0.3, 0.4) is 0 Å². The first kappa shape index (κ1) is 25.1. The Hall–Kier alpha value is -2.57. The van der Waals surface area contributed by atoms with Crippen molar-refractivity contribution in [3.05, 3.63) is 65.2 Å². The van der Waals surface area contributed by atoms with Gasteiger partial charge in [0.15, 0.2) is 0 Å². The van der Waals surface area contributed by atoms with Crippen LogP contribution in [0.15, 0.2) is 54.6 Å². The van der Waals surface area contributed by atoms with Crippen molar-refractivity contribution in [1.29, 1.82) is 0 Å². The molecular weight excluding hydrogens is 438 g/mol. The van der Waals surface area contributed by atoms with Gasteiger partial charge in [0.2, 0.25) is 11.8 Å². The summed E-state index contributed by atoms with van der Waals surface area (Å²) >= 11 is 6.12. The smallest absolute Gasteiger partial charge is 0.236 e. The van der Waals surface area contributed by atoms with E-state index in [1.54, 1.807) is 17.0 Å². The molecule has 0 N–H and O–H groups in total. The lowest BCUT2D eigenvalue weighted by molar-refractivity contribution is -0.141. The molecule has 1 fully saturated rings. The average molecular weight is 472 g/mol. The molecule has 1 atom stereocenters. The summed E-state index contributed by atoms with van der Waals surface area (Å²) in [5, 5.41) is 0.603. The molecule has 7 heteroatoms. The maximum atomic E-state index is 13.3. The van der Waals surface area contributed by atoms with Crippen LogP contribution in [0.1, 0.15) is 24.8 Å². The zero-order chi connectivity index (χ0) is 23.8. The average Bonchev–Trinajstić information content (AvgIpc) is 2.78. The van der Waals surface area contributed by atoms with Gasteiger partial charge in [-0.3, -0.25) is 9.59 Å². The van der Waals surface area contributed by atoms with Gasteiger partial charge >= 0.3 is 0 Å². The van der Waals surface area contributed by atoms with E-state index < -0.39 is 5.41 Å². The molecule has 2 aromatic rings. The summed E-state index contributed by atoms with van der Waals surface area (Å²) in [6.45, 7) is 2.47. The Bertz CT molecular complexity index is 937. The van der Waals surface area contributed by atoms with Crippen LogP contribution in [0.4, 0.5) is 0 Å². The van der Waals surface area contributed by atoms with Gasteiger partial charge in [-0.25, -0.2) is 0 Å². The van der Waals surface area contributed by atoms with Crippen LogP contribution in [-0.4, -0.2) is 73.9 Å². The fourth-order valence-corrected chi connectivity index (χ4v) is 4.48. The zero-order valence-electron chi connectivity index (χ0n) is 19.8. The number of piperidine rings is 1. The lowest BCUT2D eigenvalue weighted by Gasteiger charge is -2.43. The minimum Gasteiger partial charge on any atom is -0.493 e. The maximum Gasteiger partial charge on any atom is 0.236 e. The molecule has 0 saturated carbocycles. The largest absolute Gasteiger partial charge is 0.493 e. The fourth-order valence-electron chi connectivity index (χ4n) is 4.30. The predicted octanol–water partition coefficient (Wildman–Crippen LogP) is 3.94. The number of hydrogen-bond donors (Lipinski definition) is 0. The fraction of sp³-hybridized carbons (Fsp3) is 0.462. The van der Waals surface area contributed by atoms with Crippen LogP contribution in [0.5, 0.6) is 5.75 Å². The van der Waals surface area contributed by atoms with Gasteiger partial charge in [0, 0.05) is 43.5 Å². The molecule has 0 spiro atoms. The van der Waals surface area contributed by atoms with Gasteiger partial charge in [0.25, 0.3) is 0 Å². The van der Waals surface area contributed by atoms with Crippen molar-refractivity contribution in [2.75, 3.05) is 47.4 Å². The number of likely N-dealkylation sites (tertiary alicyclic amines) is 1. The number of hydrogen-bond acceptors (Lipinski definition) is 4. The molecule has 0 aromatic heterocycles. The summed E-state index contributed by atoms with van der Waals surface area (Å²) in [5.74, 6) is 0.802. The van der Waals surface area contributed by atoms with Gasteiger partial charge < -0.3 is 19.4 Å². The molecule has 33 heavy (non-hydrogen) atoms. The molecule has 0 aliphatic carbocycles. The minimum absolute atomic E-state index is 0.0513. The third-order valence-corrected chi connectivity index (χ3v) is 6.26. The Kier molecular flexibility index (Phi) is 8.75. The first-order chi connectivity index (χ1) is 15.8. The summed E-state index contributed by atoms with van der Waals surface area (Å²) < 4.78 is 6.13. The summed E-state index contributed by atoms with van der Waals surface area (Å²) in [7, 11) is 5.61. The number of amides is 2. The molecule has 178 valence electrons. The first-order valence-corrected chi connectivity index (χ1v) is 11.7. The van der Waals surface area contributed by atoms with E-state index in [-0.39, 0.29) is 11.8 Å². The number of nitrogens with zero attached hydrogens (tertiary/aromatic N) is 3. The van der Waals surface area contributed by atoms with Crippen LogP contribution in [-0.2, 0) is 16.1 Å². The molecule has 1 aliphatic rings. The van der Waals surface area contributed by atoms with Crippen molar-refractivity contribution >= 4 is 23.4 Å². The molecule has 0 radical (unpaired) electrons. The molecular formula is C26H34ClN3O3. The van der Waals surface area contributed by atoms with E-state index in [4.69, 9.17) is 16.3 Å². The third kappa shape index (κ3) is 7.47. The summed E-state index contributed by atoms with van der Waals surface area (Å²) in [5.41, 5.74) is 0.633. The van der Waals surface area contributed by atoms with Crippen molar-refractivity contribution in [3.8, 4) is 5.75 Å². The van der Waals surface area contributed by atoms with E-state index in [0.717, 1.165) is 18.4 Å². The van der Waals surface area contributed by atoms with Gasteiger partial charge in [0.1, 0.15) is 5.75 Å². The summed E-state index contributed by atoms with van der Waals surface area (Å²) in [4.78, 5) is 31.6. The molecule has 2 aromatic carbocycles. The van der Waals surface area contributed by atoms with E-state index in [2.05, 4.69) is 0 Å². The molecule has 6 nitrogen and oxygen atoms in total. The van der Waals surface area contributed by atoms with Crippen molar-refractivity contribution in [3.63, 3.8) is 0 Å². The highest BCUT2D eigenvalue weighted by atomic mass is 35.5. The van der Waals surface area contributed by atoms with E-state index in [0.29, 0.717) is 50.0 Å². The van der Waals surface area contributed by atoms with Crippen molar-refractivity contribution in [2.24, 2.45) is 5.41 Å². The predicted molar refractivity (Wildman–Crippen MR) is 131 cm³/mol. The number of halogens is 1. The molecule has 3 rings (SSSR count). The van der Waals surface area contributed by atoms with Crippen molar-refractivity contribution in [2.45, 2.75) is 25.8 Å². The van der Waals surface area contributed by atoms with Gasteiger partial charge in [-0.2, -0.15) is 0 Å². The Morgan fingerprint density at radius 2 is 1.85 bits per heavy atom. The Morgan fingerprint density at radius 1 is 1.09 bits per heavy atom. The number of ether oxygens (including phenoxy) is 1. The summed E-state index contributed by atoms with van der Waals surface area (Å²) in [6.07, 6.45) is 1.99. The van der Waals surface area contributed by atoms with Crippen LogP contribution in [0, 0.1) is 5.41 Å². The van der Waals surface area contributed by atoms with Crippen LogP contribution in [0.25, 0.3) is 0 Å². The highest BCUT2D eigenvalue weighted by Crippen LogP contribution is 2.35. The van der Waals surface area contributed by atoms with Gasteiger partial charge in [-0.1, -0.05) is 48.0 Å². The van der Waals surface area contributed by atoms with Crippen molar-refractivity contribution < 1.29 is 14.3 Å². The molecule has 0 unspecified atom stereocenters. The molecule has 2 amide bonds. The number of rotatable bonds is 9. The number of benzene rings is 2. The van der Waals surface area contributed by atoms with E-state index in [1.807, 2.05) is 73.4 Å². The van der Waals surface area contributed by atoms with Crippen molar-refractivity contribution in [1.82, 2.24) is 14.7 Å². The molecule has 1 saturated heterocycles. The normalized spacial score (nSPS) is 18.3. The Morgan fingerprint density at radius 3 is 2.55 bits per heavy atom. The van der Waals surface area contributed by atoms with Crippen LogP contribution < -0.4 is 4.74 Å². The summed E-state index contributed by atoms with van der Waals surface area (Å²) in [6, 6.07) is 17.2. The molecule has 1 aliphatic heterocycles. The first-order valence-electron chi connectivity index (χ1n) is 11.4. The Balaban J connectivity index is 1.75. The molecule has 1 heterocycles. The van der Waals surface area contributed by atoms with E-state index >= 15 is 0 Å². The van der Waals surface area contributed by atoms with Gasteiger partial charge in [0.05, 0.1) is 13.2 Å². The standard InChI is InChI=1S/C26H34ClN3O3/c1-28(2)18-25(32)30-14-8-13-26(19-30,20-33-23-12-7-11-22(27)15-23)16-24(31)29(3)17-21-9-5-4-6-10-21/h4-7,9-12,15H,8,13-14,16-20H2,1-3H3/t26-/m0/s1. The maximum absolute atomic E-state index is 13.3. The zero-order valence-corrected chi connectivity index (χ0v) is 20.6. The second-order valence-electron chi connectivity index (χ2n) is 9.31. The van der Waals surface area contributed by atoms with Gasteiger partial charge in [-0.15, -0.1) is 0 Å². The second-order valence-corrected chi connectivity index (χ2v) is 9.75. The molecule has 0 bridgehead atoms. The highest BCUT2D eigenvalue weighted by molar-refractivity contribution is 6.30. The topological polar surface area (TPSA) is 53.1 Å². The minimum atomic E-state index is -0.454. The number of carbonyl (C=O) groups excluding carboxylic acids is 2. The van der Waals surface area contributed by atoms with Crippen LogP contribution in [0.2, 0.25) is 5.02 Å². The highest BCUT2D eigenvalue weighted by Gasteiger charge is 2.40. The van der Waals surface area contributed by atoms with E-state index in [9.17, 15) is 9.59 Å². The van der Waals surface area contributed by atoms with Crippen LogP contribution >= 0.6 is 11.6 Å². The Labute approximate surface area is 202 Å². The second kappa shape index (κ2) is 11.5. The monoisotopic (exact) mass is 471 g/mol. The van der Waals surface area contributed by atoms with E-state index in [1.165, 1.54) is 0 Å². The lowest BCUT2D eigenvalue weighted by atomic mass is 9.77. The lowest BCUT2D eigenvalue weighted by Crippen LogP contribution is -2.52. The number of carbonyl (C=O) groups is 2. The quantitative estimate of drug-likeness (QED) is 0.556. The third-order valence-electron chi connectivity index (χ3n) is 6.02. The SMILES string of the molecule is CN(C)CC(=O)N1CCC[C@](COc2cccc(Cl)c2)(CC(=O)N(C)Cc2ccccc2)C1. The van der Waals surface area contributed by atoms with Gasteiger partial charge in [-0.05, 0) is 50.7 Å². The number of likely N-dealkylation sites (N-methyl/N-ethyl adjacent to an activating group) is 1.